The highest BCUT2D eigenvalue weighted by Gasteiger charge is 2.23. The quantitative estimate of drug-likeness (QED) is 0.206. The average molecular weight is 608 g/mol. The van der Waals surface area contributed by atoms with Gasteiger partial charge in [-0.2, -0.15) is 0 Å². The van der Waals surface area contributed by atoms with Crippen molar-refractivity contribution in [3.05, 3.63) is 134 Å². The number of carbonyl (C=O) groups is 2. The number of aromatic amines is 2. The number of nitrogens with zero attached hydrogens (tertiary/aromatic N) is 3. The van der Waals surface area contributed by atoms with Crippen LogP contribution in [0, 0.1) is 5.82 Å². The van der Waals surface area contributed by atoms with Gasteiger partial charge in [-0.1, -0.05) is 18.2 Å². The van der Waals surface area contributed by atoms with Gasteiger partial charge in [-0.05, 0) is 49.2 Å². The highest BCUT2D eigenvalue weighted by molar-refractivity contribution is 6.08. The summed E-state index contributed by atoms with van der Waals surface area (Å²) in [7, 11) is 1.53. The molecule has 0 saturated carbocycles. The Balaban J connectivity index is 1.38. The van der Waals surface area contributed by atoms with Crippen LogP contribution in [0.4, 0.5) is 4.39 Å². The minimum Gasteiger partial charge on any atom is -0.357 e. The van der Waals surface area contributed by atoms with E-state index < -0.39 is 17.8 Å². The molecule has 11 nitrogen and oxygen atoms in total. The van der Waals surface area contributed by atoms with Gasteiger partial charge in [-0.15, -0.1) is 0 Å². The number of nitrogens with one attached hydrogen (secondary N) is 4. The SMILES string of the molecule is CC(NC(=O)c1cn(Cc2c[nH]c3c(=O)n(C)cc(C(=O)NC(C)c4ccccc4F)c23)c(=O)c2[nH]ccc12)c1ccncc1. The first-order valence-corrected chi connectivity index (χ1v) is 14.3. The summed E-state index contributed by atoms with van der Waals surface area (Å²) >= 11 is 0. The van der Waals surface area contributed by atoms with Gasteiger partial charge in [-0.3, -0.25) is 24.2 Å². The second-order valence-corrected chi connectivity index (χ2v) is 11.0. The third kappa shape index (κ3) is 5.42. The van der Waals surface area contributed by atoms with Crippen molar-refractivity contribution in [2.24, 2.45) is 7.05 Å². The number of amides is 2. The van der Waals surface area contributed by atoms with E-state index in [9.17, 15) is 23.6 Å². The molecule has 2 amide bonds. The van der Waals surface area contributed by atoms with Crippen molar-refractivity contribution in [3.63, 3.8) is 0 Å². The van der Waals surface area contributed by atoms with Gasteiger partial charge in [0, 0.05) is 60.6 Å². The molecule has 6 rings (SSSR count). The largest absolute Gasteiger partial charge is 0.357 e. The van der Waals surface area contributed by atoms with E-state index in [-0.39, 0.29) is 51.8 Å². The number of aryl methyl sites for hydroxylation is 1. The van der Waals surface area contributed by atoms with Crippen molar-refractivity contribution >= 4 is 33.6 Å². The Kier molecular flexibility index (Phi) is 7.63. The van der Waals surface area contributed by atoms with E-state index in [1.54, 1.807) is 56.0 Å². The monoisotopic (exact) mass is 607 g/mol. The summed E-state index contributed by atoms with van der Waals surface area (Å²) in [5.74, 6) is -1.36. The van der Waals surface area contributed by atoms with Crippen LogP contribution in [-0.4, -0.2) is 35.9 Å². The Bertz CT molecular complexity index is 2200. The number of aromatic nitrogens is 5. The molecule has 12 heteroatoms. The topological polar surface area (TPSA) is 147 Å². The number of H-pyrrole nitrogens is 2. The van der Waals surface area contributed by atoms with E-state index in [1.807, 2.05) is 19.1 Å². The van der Waals surface area contributed by atoms with E-state index in [4.69, 9.17) is 0 Å². The van der Waals surface area contributed by atoms with Crippen LogP contribution in [0.3, 0.4) is 0 Å². The van der Waals surface area contributed by atoms with Gasteiger partial charge in [0.2, 0.25) is 0 Å². The van der Waals surface area contributed by atoms with Crippen molar-refractivity contribution in [2.45, 2.75) is 32.5 Å². The molecule has 45 heavy (non-hydrogen) atoms. The predicted octanol–water partition coefficient (Wildman–Crippen LogP) is 4.07. The fourth-order valence-electron chi connectivity index (χ4n) is 5.60. The average Bonchev–Trinajstić information content (AvgIpc) is 3.69. The van der Waals surface area contributed by atoms with Crippen LogP contribution >= 0.6 is 0 Å². The summed E-state index contributed by atoms with van der Waals surface area (Å²) in [6, 6.07) is 10.5. The summed E-state index contributed by atoms with van der Waals surface area (Å²) in [6.45, 7) is 3.47. The van der Waals surface area contributed by atoms with Crippen LogP contribution in [0.1, 0.15) is 63.3 Å². The standard InChI is InChI=1S/C33H30FN7O4/c1-18(20-8-11-35-12-9-20)38-30(42)24-17-41(33(45)28-23(24)10-13-36-28)15-21-14-37-29-27(21)25(16-40(3)32(29)44)31(43)39-19(2)22-6-4-5-7-26(22)34/h4-14,16-19,36-37H,15H2,1-3H3,(H,38,42)(H,39,43). The second kappa shape index (κ2) is 11.7. The number of halogens is 1. The molecular weight excluding hydrogens is 577 g/mol. The third-order valence-electron chi connectivity index (χ3n) is 7.99. The summed E-state index contributed by atoms with van der Waals surface area (Å²) in [6.07, 6.45) is 9.35. The highest BCUT2D eigenvalue weighted by atomic mass is 19.1. The Morgan fingerprint density at radius 2 is 1.60 bits per heavy atom. The Morgan fingerprint density at radius 1 is 0.889 bits per heavy atom. The summed E-state index contributed by atoms with van der Waals surface area (Å²) in [4.78, 5) is 63.6. The first kappa shape index (κ1) is 29.3. The zero-order chi connectivity index (χ0) is 31.8. The molecule has 228 valence electrons. The third-order valence-corrected chi connectivity index (χ3v) is 7.99. The van der Waals surface area contributed by atoms with Gasteiger partial charge in [0.25, 0.3) is 22.9 Å². The number of fused-ring (bicyclic) bond motifs is 2. The molecule has 6 aromatic rings. The summed E-state index contributed by atoms with van der Waals surface area (Å²) < 4.78 is 17.1. The molecule has 0 radical (unpaired) electrons. The molecule has 5 aromatic heterocycles. The normalized spacial score (nSPS) is 12.7. The van der Waals surface area contributed by atoms with E-state index >= 15 is 0 Å². The molecule has 4 N–H and O–H groups in total. The molecule has 0 aliphatic carbocycles. The Hall–Kier alpha value is -5.78. The molecule has 0 saturated heterocycles. The van der Waals surface area contributed by atoms with Crippen LogP contribution in [0.15, 0.2) is 89.2 Å². The maximum absolute atomic E-state index is 14.4. The number of hydrogen-bond donors (Lipinski definition) is 4. The molecule has 1 aromatic carbocycles. The van der Waals surface area contributed by atoms with Crippen LogP contribution in [0.5, 0.6) is 0 Å². The number of carbonyl (C=O) groups excluding carboxylic acids is 2. The lowest BCUT2D eigenvalue weighted by atomic mass is 10.0. The number of hydrogen-bond acceptors (Lipinski definition) is 5. The first-order chi connectivity index (χ1) is 21.6. The lowest BCUT2D eigenvalue weighted by molar-refractivity contribution is 0.0932. The highest BCUT2D eigenvalue weighted by Crippen LogP contribution is 2.24. The van der Waals surface area contributed by atoms with E-state index in [1.165, 1.54) is 34.6 Å². The van der Waals surface area contributed by atoms with Crippen molar-refractivity contribution < 1.29 is 14.0 Å². The molecule has 0 aliphatic heterocycles. The van der Waals surface area contributed by atoms with Crippen molar-refractivity contribution in [3.8, 4) is 0 Å². The van der Waals surface area contributed by atoms with Crippen LogP contribution < -0.4 is 21.8 Å². The fourth-order valence-corrected chi connectivity index (χ4v) is 5.60. The molecule has 0 spiro atoms. The Morgan fingerprint density at radius 3 is 2.36 bits per heavy atom. The Labute approximate surface area is 255 Å². The minimum atomic E-state index is -0.665. The number of benzene rings is 1. The van der Waals surface area contributed by atoms with E-state index in [0.29, 0.717) is 21.9 Å². The zero-order valence-corrected chi connectivity index (χ0v) is 24.7. The van der Waals surface area contributed by atoms with Gasteiger partial charge in [0.15, 0.2) is 0 Å². The molecule has 5 heterocycles. The van der Waals surface area contributed by atoms with Crippen LogP contribution in [-0.2, 0) is 13.6 Å². The minimum absolute atomic E-state index is 0.0513. The van der Waals surface area contributed by atoms with Gasteiger partial charge in [0.1, 0.15) is 16.9 Å². The lowest BCUT2D eigenvalue weighted by Crippen LogP contribution is -2.30. The van der Waals surface area contributed by atoms with Crippen LogP contribution in [0.2, 0.25) is 0 Å². The molecular formula is C33H30FN7O4. The predicted molar refractivity (Wildman–Crippen MR) is 168 cm³/mol. The van der Waals surface area contributed by atoms with E-state index in [0.717, 1.165) is 5.56 Å². The van der Waals surface area contributed by atoms with Crippen LogP contribution in [0.25, 0.3) is 21.8 Å². The van der Waals surface area contributed by atoms with Gasteiger partial charge in [0.05, 0.1) is 29.8 Å². The molecule has 0 aliphatic rings. The zero-order valence-electron chi connectivity index (χ0n) is 24.7. The number of pyridine rings is 3. The molecule has 0 bridgehead atoms. The van der Waals surface area contributed by atoms with Crippen molar-refractivity contribution in [1.29, 1.82) is 0 Å². The van der Waals surface area contributed by atoms with Gasteiger partial charge < -0.3 is 29.7 Å². The molecule has 2 atom stereocenters. The summed E-state index contributed by atoms with van der Waals surface area (Å²) in [5.41, 5.74) is 1.78. The maximum atomic E-state index is 14.4. The first-order valence-electron chi connectivity index (χ1n) is 14.3. The number of rotatable bonds is 8. The van der Waals surface area contributed by atoms with Gasteiger partial charge >= 0.3 is 0 Å². The maximum Gasteiger partial charge on any atom is 0.275 e. The fraction of sp³-hybridized carbons (Fsp3) is 0.182. The second-order valence-electron chi connectivity index (χ2n) is 11.0. The van der Waals surface area contributed by atoms with Crippen molar-refractivity contribution in [1.82, 2.24) is 34.7 Å². The van der Waals surface area contributed by atoms with Gasteiger partial charge in [-0.25, -0.2) is 4.39 Å². The summed E-state index contributed by atoms with van der Waals surface area (Å²) in [5, 5.41) is 6.59. The van der Waals surface area contributed by atoms with Crippen molar-refractivity contribution in [2.75, 3.05) is 0 Å². The lowest BCUT2D eigenvalue weighted by Gasteiger charge is -2.17. The molecule has 2 unspecified atom stereocenters. The molecule has 0 fully saturated rings. The van der Waals surface area contributed by atoms with E-state index in [2.05, 4.69) is 25.6 Å². The smallest absolute Gasteiger partial charge is 0.275 e.